The van der Waals surface area contributed by atoms with Crippen molar-refractivity contribution in [3.05, 3.63) is 60.2 Å². The van der Waals surface area contributed by atoms with Crippen LogP contribution in [0.15, 0.2) is 53.2 Å². The van der Waals surface area contributed by atoms with E-state index in [0.29, 0.717) is 11.7 Å². The van der Waals surface area contributed by atoms with Gasteiger partial charge in [-0.05, 0) is 43.7 Å². The Bertz CT molecular complexity index is 850. The van der Waals surface area contributed by atoms with Crippen LogP contribution in [0, 0.1) is 0 Å². The normalized spacial score (nSPS) is 18.0. The van der Waals surface area contributed by atoms with Crippen molar-refractivity contribution in [2.75, 3.05) is 13.7 Å². The molecule has 134 valence electrons. The second-order valence-corrected chi connectivity index (χ2v) is 6.49. The van der Waals surface area contributed by atoms with Crippen molar-refractivity contribution < 1.29 is 9.26 Å². The molecule has 0 N–H and O–H groups in total. The highest BCUT2D eigenvalue weighted by atomic mass is 16.5. The molecule has 0 aliphatic carbocycles. The van der Waals surface area contributed by atoms with Crippen LogP contribution >= 0.6 is 0 Å². The zero-order chi connectivity index (χ0) is 17.8. The molecule has 0 amide bonds. The zero-order valence-electron chi connectivity index (χ0n) is 14.8. The Kier molecular flexibility index (Phi) is 4.93. The molecule has 0 spiro atoms. The van der Waals surface area contributed by atoms with Crippen LogP contribution < -0.4 is 4.74 Å². The predicted molar refractivity (Wildman–Crippen MR) is 97.5 cm³/mol. The van der Waals surface area contributed by atoms with Gasteiger partial charge in [-0.15, -0.1) is 0 Å². The number of rotatable bonds is 5. The number of piperidine rings is 1. The summed E-state index contributed by atoms with van der Waals surface area (Å²) in [5.74, 6) is 2.06. The van der Waals surface area contributed by atoms with E-state index in [-0.39, 0.29) is 6.04 Å². The number of hydrogen-bond acceptors (Lipinski definition) is 6. The summed E-state index contributed by atoms with van der Waals surface area (Å²) in [7, 11) is 1.65. The maximum atomic E-state index is 5.64. The predicted octanol–water partition coefficient (Wildman–Crippen LogP) is 3.87. The van der Waals surface area contributed by atoms with Gasteiger partial charge in [-0.25, -0.2) is 0 Å². The van der Waals surface area contributed by atoms with Gasteiger partial charge in [-0.1, -0.05) is 29.8 Å². The highest BCUT2D eigenvalue weighted by Gasteiger charge is 2.29. The molecule has 0 saturated carbocycles. The second kappa shape index (κ2) is 7.66. The van der Waals surface area contributed by atoms with Crippen molar-refractivity contribution in [3.63, 3.8) is 0 Å². The van der Waals surface area contributed by atoms with Crippen molar-refractivity contribution in [1.29, 1.82) is 0 Å². The summed E-state index contributed by atoms with van der Waals surface area (Å²) in [6.45, 7) is 1.81. The average molecular weight is 350 g/mol. The van der Waals surface area contributed by atoms with E-state index in [0.717, 1.165) is 36.5 Å². The maximum absolute atomic E-state index is 5.64. The topological polar surface area (TPSA) is 64.3 Å². The van der Waals surface area contributed by atoms with Gasteiger partial charge in [-0.2, -0.15) is 4.98 Å². The Morgan fingerprint density at radius 2 is 2.15 bits per heavy atom. The summed E-state index contributed by atoms with van der Waals surface area (Å²) < 4.78 is 10.9. The molecule has 0 radical (unpaired) electrons. The number of benzene rings is 1. The summed E-state index contributed by atoms with van der Waals surface area (Å²) in [6, 6.07) is 13.9. The van der Waals surface area contributed by atoms with E-state index in [2.05, 4.69) is 26.1 Å². The molecule has 6 nitrogen and oxygen atoms in total. The van der Waals surface area contributed by atoms with Gasteiger partial charge in [0.15, 0.2) is 0 Å². The SMILES string of the molecule is COc1cccc(-c2noc(C3CCCCN3Cc3ccccn3)n2)c1. The van der Waals surface area contributed by atoms with Crippen LogP contribution in [0.25, 0.3) is 11.4 Å². The van der Waals surface area contributed by atoms with E-state index in [1.807, 2.05) is 42.6 Å². The summed E-state index contributed by atoms with van der Waals surface area (Å²) in [5, 5.41) is 4.19. The Morgan fingerprint density at radius 1 is 1.19 bits per heavy atom. The molecule has 0 bridgehead atoms. The molecule has 1 fully saturated rings. The maximum Gasteiger partial charge on any atom is 0.244 e. The number of ether oxygens (including phenoxy) is 1. The van der Waals surface area contributed by atoms with E-state index in [4.69, 9.17) is 9.26 Å². The molecule has 1 atom stereocenters. The Labute approximate surface area is 152 Å². The minimum atomic E-state index is 0.137. The molecule has 1 aliphatic rings. The highest BCUT2D eigenvalue weighted by molar-refractivity contribution is 5.56. The van der Waals surface area contributed by atoms with Crippen LogP contribution in [-0.2, 0) is 6.54 Å². The van der Waals surface area contributed by atoms with Crippen LogP contribution in [0.1, 0.15) is 36.9 Å². The van der Waals surface area contributed by atoms with Crippen molar-refractivity contribution >= 4 is 0 Å². The quantitative estimate of drug-likeness (QED) is 0.696. The molecule has 1 aromatic carbocycles. The Hall–Kier alpha value is -2.73. The van der Waals surface area contributed by atoms with Gasteiger partial charge >= 0.3 is 0 Å². The summed E-state index contributed by atoms with van der Waals surface area (Å²) in [5.41, 5.74) is 1.96. The third-order valence-electron chi connectivity index (χ3n) is 4.76. The number of nitrogens with zero attached hydrogens (tertiary/aromatic N) is 4. The van der Waals surface area contributed by atoms with E-state index < -0.39 is 0 Å². The number of methoxy groups -OCH3 is 1. The summed E-state index contributed by atoms with van der Waals surface area (Å²) in [4.78, 5) is 11.5. The highest BCUT2D eigenvalue weighted by Crippen LogP contribution is 2.32. The van der Waals surface area contributed by atoms with Crippen LogP contribution in [0.4, 0.5) is 0 Å². The first kappa shape index (κ1) is 16.7. The van der Waals surface area contributed by atoms with E-state index in [1.165, 1.54) is 12.8 Å². The van der Waals surface area contributed by atoms with Crippen LogP contribution in [0.5, 0.6) is 5.75 Å². The molecule has 4 rings (SSSR count). The summed E-state index contributed by atoms with van der Waals surface area (Å²) >= 11 is 0. The molecular weight excluding hydrogens is 328 g/mol. The minimum Gasteiger partial charge on any atom is -0.497 e. The van der Waals surface area contributed by atoms with Crippen LogP contribution in [0.2, 0.25) is 0 Å². The fraction of sp³-hybridized carbons (Fsp3) is 0.350. The Morgan fingerprint density at radius 3 is 3.00 bits per heavy atom. The average Bonchev–Trinajstić information content (AvgIpc) is 3.19. The van der Waals surface area contributed by atoms with E-state index in [1.54, 1.807) is 7.11 Å². The largest absolute Gasteiger partial charge is 0.497 e. The molecule has 26 heavy (non-hydrogen) atoms. The van der Waals surface area contributed by atoms with E-state index >= 15 is 0 Å². The molecule has 3 heterocycles. The lowest BCUT2D eigenvalue weighted by Crippen LogP contribution is -2.33. The van der Waals surface area contributed by atoms with Gasteiger partial charge in [0.25, 0.3) is 0 Å². The molecule has 3 aromatic rings. The first-order chi connectivity index (χ1) is 12.8. The lowest BCUT2D eigenvalue weighted by Gasteiger charge is -2.32. The van der Waals surface area contributed by atoms with Crippen LogP contribution in [-0.4, -0.2) is 33.7 Å². The first-order valence-corrected chi connectivity index (χ1v) is 8.95. The third kappa shape index (κ3) is 3.60. The van der Waals surface area contributed by atoms with Crippen molar-refractivity contribution in [2.24, 2.45) is 0 Å². The fourth-order valence-electron chi connectivity index (χ4n) is 3.41. The lowest BCUT2D eigenvalue weighted by atomic mass is 10.0. The number of aromatic nitrogens is 3. The third-order valence-corrected chi connectivity index (χ3v) is 4.76. The number of likely N-dealkylation sites (tertiary alicyclic amines) is 1. The lowest BCUT2D eigenvalue weighted by molar-refractivity contribution is 0.110. The second-order valence-electron chi connectivity index (χ2n) is 6.49. The smallest absolute Gasteiger partial charge is 0.244 e. The first-order valence-electron chi connectivity index (χ1n) is 8.95. The van der Waals surface area contributed by atoms with Crippen molar-refractivity contribution in [3.8, 4) is 17.1 Å². The zero-order valence-corrected chi connectivity index (χ0v) is 14.8. The molecule has 6 heteroatoms. The van der Waals surface area contributed by atoms with Crippen molar-refractivity contribution in [1.82, 2.24) is 20.0 Å². The van der Waals surface area contributed by atoms with Crippen LogP contribution in [0.3, 0.4) is 0 Å². The molecule has 1 aliphatic heterocycles. The number of pyridine rings is 1. The summed E-state index contributed by atoms with van der Waals surface area (Å²) in [6.07, 6.45) is 5.20. The minimum absolute atomic E-state index is 0.137. The van der Waals surface area contributed by atoms with E-state index in [9.17, 15) is 0 Å². The van der Waals surface area contributed by atoms with Gasteiger partial charge in [0, 0.05) is 18.3 Å². The number of hydrogen-bond donors (Lipinski definition) is 0. The van der Waals surface area contributed by atoms with Gasteiger partial charge in [0.2, 0.25) is 11.7 Å². The Balaban J connectivity index is 1.56. The monoisotopic (exact) mass is 350 g/mol. The van der Waals surface area contributed by atoms with Gasteiger partial charge < -0.3 is 9.26 Å². The van der Waals surface area contributed by atoms with Gasteiger partial charge in [0.05, 0.1) is 18.8 Å². The van der Waals surface area contributed by atoms with Crippen molar-refractivity contribution in [2.45, 2.75) is 31.8 Å². The molecule has 2 aromatic heterocycles. The standard InChI is InChI=1S/C20H22N4O2/c1-25-17-9-6-7-15(13-17)19-22-20(26-23-19)18-10-3-5-12-24(18)14-16-8-2-4-11-21-16/h2,4,6-9,11,13,18H,3,5,10,12,14H2,1H3. The molecule has 1 saturated heterocycles. The molecule has 1 unspecified atom stereocenters. The fourth-order valence-corrected chi connectivity index (χ4v) is 3.41. The van der Waals surface area contributed by atoms with Gasteiger partial charge in [-0.3, -0.25) is 9.88 Å². The van der Waals surface area contributed by atoms with Gasteiger partial charge in [0.1, 0.15) is 5.75 Å². The molecular formula is C20H22N4O2.